The molecular weight excluding hydrogens is 322 g/mol. The van der Waals surface area contributed by atoms with Crippen molar-refractivity contribution in [2.45, 2.75) is 11.4 Å². The molecule has 0 aliphatic rings. The topological polar surface area (TPSA) is 122 Å². The lowest BCUT2D eigenvalue weighted by molar-refractivity contribution is -0.385. The second-order valence-electron chi connectivity index (χ2n) is 4.07. The van der Waals surface area contributed by atoms with Gasteiger partial charge in [0.1, 0.15) is 17.0 Å². The van der Waals surface area contributed by atoms with Crippen LogP contribution in [0.3, 0.4) is 0 Å². The number of nitro benzene ring substituents is 1. The SMILES string of the molecule is CN(Cc1ncn[nH]1)S(=O)(=O)c1cc([N+](=O)[O-])ccc1Cl. The smallest absolute Gasteiger partial charge is 0.262 e. The summed E-state index contributed by atoms with van der Waals surface area (Å²) in [6, 6.07) is 3.24. The number of halogens is 1. The summed E-state index contributed by atoms with van der Waals surface area (Å²) in [5.74, 6) is 0.336. The van der Waals surface area contributed by atoms with Gasteiger partial charge >= 0.3 is 0 Å². The van der Waals surface area contributed by atoms with Crippen molar-refractivity contribution in [3.63, 3.8) is 0 Å². The highest BCUT2D eigenvalue weighted by molar-refractivity contribution is 7.89. The number of nitrogens with one attached hydrogen (secondary N) is 1. The van der Waals surface area contributed by atoms with Crippen LogP contribution in [0.25, 0.3) is 0 Å². The lowest BCUT2D eigenvalue weighted by atomic mass is 10.3. The van der Waals surface area contributed by atoms with Crippen LogP contribution in [-0.2, 0) is 16.6 Å². The van der Waals surface area contributed by atoms with Crippen LogP contribution in [0.15, 0.2) is 29.4 Å². The molecule has 112 valence electrons. The third-order valence-corrected chi connectivity index (χ3v) is 4.94. The number of aromatic nitrogens is 3. The zero-order valence-corrected chi connectivity index (χ0v) is 12.3. The van der Waals surface area contributed by atoms with Crippen LogP contribution in [0, 0.1) is 10.1 Å². The van der Waals surface area contributed by atoms with Crippen molar-refractivity contribution in [3.8, 4) is 0 Å². The maximum Gasteiger partial charge on any atom is 0.270 e. The molecule has 0 fully saturated rings. The van der Waals surface area contributed by atoms with Crippen LogP contribution in [0.4, 0.5) is 5.69 Å². The summed E-state index contributed by atoms with van der Waals surface area (Å²) in [4.78, 5) is 13.5. The third kappa shape index (κ3) is 3.17. The molecule has 2 rings (SSSR count). The molecule has 0 bridgehead atoms. The van der Waals surface area contributed by atoms with E-state index in [1.807, 2.05) is 0 Å². The van der Waals surface area contributed by atoms with Gasteiger partial charge in [-0.05, 0) is 6.07 Å². The van der Waals surface area contributed by atoms with Gasteiger partial charge in [0, 0.05) is 19.2 Å². The van der Waals surface area contributed by atoms with Crippen molar-refractivity contribution < 1.29 is 13.3 Å². The molecule has 0 amide bonds. The largest absolute Gasteiger partial charge is 0.270 e. The van der Waals surface area contributed by atoms with Gasteiger partial charge in [-0.3, -0.25) is 15.2 Å². The van der Waals surface area contributed by atoms with Crippen LogP contribution >= 0.6 is 11.6 Å². The Balaban J connectivity index is 2.38. The lowest BCUT2D eigenvalue weighted by Crippen LogP contribution is -2.27. The highest BCUT2D eigenvalue weighted by atomic mass is 35.5. The molecule has 0 spiro atoms. The summed E-state index contributed by atoms with van der Waals surface area (Å²) in [7, 11) is -2.68. The van der Waals surface area contributed by atoms with Gasteiger partial charge in [0.15, 0.2) is 0 Å². The Morgan fingerprint density at radius 2 is 2.19 bits per heavy atom. The van der Waals surface area contributed by atoms with E-state index in [2.05, 4.69) is 15.2 Å². The van der Waals surface area contributed by atoms with E-state index in [0.29, 0.717) is 5.82 Å². The van der Waals surface area contributed by atoms with E-state index < -0.39 is 14.9 Å². The minimum Gasteiger partial charge on any atom is -0.262 e. The second kappa shape index (κ2) is 5.76. The van der Waals surface area contributed by atoms with Gasteiger partial charge in [-0.2, -0.15) is 9.40 Å². The van der Waals surface area contributed by atoms with Crippen molar-refractivity contribution in [1.82, 2.24) is 19.5 Å². The quantitative estimate of drug-likeness (QED) is 0.648. The summed E-state index contributed by atoms with van der Waals surface area (Å²) < 4.78 is 25.8. The van der Waals surface area contributed by atoms with Gasteiger partial charge in [-0.25, -0.2) is 13.4 Å². The molecule has 1 aromatic carbocycles. The number of hydrogen-bond donors (Lipinski definition) is 1. The van der Waals surface area contributed by atoms with Crippen LogP contribution < -0.4 is 0 Å². The van der Waals surface area contributed by atoms with Crippen molar-refractivity contribution >= 4 is 27.3 Å². The lowest BCUT2D eigenvalue weighted by Gasteiger charge is -2.16. The molecule has 0 aliphatic heterocycles. The van der Waals surface area contributed by atoms with E-state index in [1.54, 1.807) is 0 Å². The Bertz CT molecular complexity index is 762. The number of benzene rings is 1. The molecule has 0 saturated heterocycles. The van der Waals surface area contributed by atoms with Gasteiger partial charge in [-0.15, -0.1) is 0 Å². The molecule has 0 unspecified atom stereocenters. The summed E-state index contributed by atoms with van der Waals surface area (Å²) in [5.41, 5.74) is -0.356. The molecule has 0 radical (unpaired) electrons. The van der Waals surface area contributed by atoms with Crippen molar-refractivity contribution in [3.05, 3.63) is 45.5 Å². The predicted molar refractivity (Wildman–Crippen MR) is 73.1 cm³/mol. The number of non-ortho nitro benzene ring substituents is 1. The van der Waals surface area contributed by atoms with Crippen LogP contribution in [-0.4, -0.2) is 39.9 Å². The van der Waals surface area contributed by atoms with E-state index in [0.717, 1.165) is 16.4 Å². The minimum absolute atomic E-state index is 0.0681. The maximum atomic E-state index is 12.4. The molecule has 1 N–H and O–H groups in total. The molecule has 9 nitrogen and oxygen atoms in total. The van der Waals surface area contributed by atoms with E-state index in [-0.39, 0.29) is 22.2 Å². The fourth-order valence-electron chi connectivity index (χ4n) is 1.57. The summed E-state index contributed by atoms with van der Waals surface area (Å²) >= 11 is 5.85. The number of sulfonamides is 1. The molecule has 2 aromatic rings. The van der Waals surface area contributed by atoms with Crippen LogP contribution in [0.1, 0.15) is 5.82 Å². The minimum atomic E-state index is -3.99. The fraction of sp³-hybridized carbons (Fsp3) is 0.200. The monoisotopic (exact) mass is 331 g/mol. The van der Waals surface area contributed by atoms with E-state index in [9.17, 15) is 18.5 Å². The zero-order chi connectivity index (χ0) is 15.6. The molecule has 0 atom stereocenters. The molecule has 1 aromatic heterocycles. The second-order valence-corrected chi connectivity index (χ2v) is 6.49. The van der Waals surface area contributed by atoms with Crippen molar-refractivity contribution in [2.24, 2.45) is 0 Å². The summed E-state index contributed by atoms with van der Waals surface area (Å²) in [6.45, 7) is -0.0681. The van der Waals surface area contributed by atoms with Gasteiger partial charge < -0.3 is 0 Å². The standard InChI is InChI=1S/C10H10ClN5O4S/c1-15(5-10-12-6-13-14-10)21(19,20)9-4-7(16(17)18)2-3-8(9)11/h2-4,6H,5H2,1H3,(H,12,13,14). The normalized spacial score (nSPS) is 11.8. The average molecular weight is 332 g/mol. The first-order chi connectivity index (χ1) is 9.82. The third-order valence-electron chi connectivity index (χ3n) is 2.65. The highest BCUT2D eigenvalue weighted by Gasteiger charge is 2.26. The molecule has 21 heavy (non-hydrogen) atoms. The summed E-state index contributed by atoms with van der Waals surface area (Å²) in [5, 5.41) is 16.8. The van der Waals surface area contributed by atoms with Crippen LogP contribution in [0.2, 0.25) is 5.02 Å². The Morgan fingerprint density at radius 3 is 2.76 bits per heavy atom. The molecule has 11 heteroatoms. The van der Waals surface area contributed by atoms with Gasteiger partial charge in [-0.1, -0.05) is 11.6 Å². The predicted octanol–water partition coefficient (Wildman–Crippen LogP) is 1.19. The number of aromatic amines is 1. The van der Waals surface area contributed by atoms with Crippen molar-refractivity contribution in [2.75, 3.05) is 7.05 Å². The van der Waals surface area contributed by atoms with Gasteiger partial charge in [0.25, 0.3) is 5.69 Å². The van der Waals surface area contributed by atoms with Crippen molar-refractivity contribution in [1.29, 1.82) is 0 Å². The number of H-pyrrole nitrogens is 1. The number of hydrogen-bond acceptors (Lipinski definition) is 6. The fourth-order valence-corrected chi connectivity index (χ4v) is 3.20. The van der Waals surface area contributed by atoms with Gasteiger partial charge in [0.2, 0.25) is 10.0 Å². The molecule has 1 heterocycles. The molecule has 0 aliphatic carbocycles. The Kier molecular flexibility index (Phi) is 4.21. The van der Waals surface area contributed by atoms with E-state index in [4.69, 9.17) is 11.6 Å². The number of nitrogens with zero attached hydrogens (tertiary/aromatic N) is 4. The summed E-state index contributed by atoms with van der Waals surface area (Å²) in [6.07, 6.45) is 1.25. The average Bonchev–Trinajstić information content (AvgIpc) is 2.91. The Morgan fingerprint density at radius 1 is 1.48 bits per heavy atom. The maximum absolute atomic E-state index is 12.4. The Hall–Kier alpha value is -2.04. The van der Waals surface area contributed by atoms with Crippen LogP contribution in [0.5, 0.6) is 0 Å². The highest BCUT2D eigenvalue weighted by Crippen LogP contribution is 2.28. The zero-order valence-electron chi connectivity index (χ0n) is 10.7. The first kappa shape index (κ1) is 15.4. The first-order valence-corrected chi connectivity index (χ1v) is 7.38. The number of rotatable bonds is 5. The van der Waals surface area contributed by atoms with E-state index in [1.165, 1.54) is 19.4 Å². The van der Waals surface area contributed by atoms with E-state index >= 15 is 0 Å². The molecular formula is C10H10ClN5O4S. The Labute approximate surface area is 124 Å². The molecule has 0 saturated carbocycles. The first-order valence-electron chi connectivity index (χ1n) is 5.57. The van der Waals surface area contributed by atoms with Gasteiger partial charge in [0.05, 0.1) is 16.5 Å². The number of nitro groups is 1.